The van der Waals surface area contributed by atoms with Crippen LogP contribution < -0.4 is 0 Å². The number of benzene rings is 1. The Hall–Kier alpha value is -1.09. The summed E-state index contributed by atoms with van der Waals surface area (Å²) in [6.07, 6.45) is 1.00. The van der Waals surface area contributed by atoms with Crippen LogP contribution in [0.2, 0.25) is 0 Å². The maximum absolute atomic E-state index is 12.9. The monoisotopic (exact) mass is 243 g/mol. The predicted molar refractivity (Wildman–Crippen MR) is 63.1 cm³/mol. The maximum atomic E-state index is 12.9. The number of carbonyl (C=O) groups is 1. The van der Waals surface area contributed by atoms with Crippen molar-refractivity contribution in [2.45, 2.75) is 12.8 Å². The quantitative estimate of drug-likeness (QED) is 0.728. The number of alkyl halides is 1. The average molecular weight is 244 g/mol. The number of hydrogen-bond donors (Lipinski definition) is 0. The molecule has 0 aromatic heterocycles. The van der Waals surface area contributed by atoms with Crippen LogP contribution >= 0.6 is 11.6 Å². The van der Waals surface area contributed by atoms with E-state index < -0.39 is 0 Å². The summed E-state index contributed by atoms with van der Waals surface area (Å²) < 4.78 is 12.9. The summed E-state index contributed by atoms with van der Waals surface area (Å²) in [7, 11) is 1.73. The van der Waals surface area contributed by atoms with E-state index in [-0.39, 0.29) is 11.7 Å². The Labute approximate surface area is 100 Å². The summed E-state index contributed by atoms with van der Waals surface area (Å²) in [5, 5.41) is 0. The topological polar surface area (TPSA) is 20.3 Å². The van der Waals surface area contributed by atoms with Crippen LogP contribution in [-0.2, 0) is 11.2 Å². The van der Waals surface area contributed by atoms with Crippen LogP contribution in [0.4, 0.5) is 4.39 Å². The zero-order valence-corrected chi connectivity index (χ0v) is 10.0. The molecular formula is C12H15ClFNO. The Kier molecular flexibility index (Phi) is 5.26. The van der Waals surface area contributed by atoms with Crippen molar-refractivity contribution in [1.82, 2.24) is 4.90 Å². The molecule has 0 bridgehead atoms. The summed E-state index contributed by atoms with van der Waals surface area (Å²) >= 11 is 5.48. The minimum Gasteiger partial charge on any atom is -0.345 e. The van der Waals surface area contributed by atoms with Crippen LogP contribution in [0.3, 0.4) is 0 Å². The highest BCUT2D eigenvalue weighted by atomic mass is 35.5. The van der Waals surface area contributed by atoms with Crippen molar-refractivity contribution < 1.29 is 9.18 Å². The summed E-state index contributed by atoms with van der Waals surface area (Å²) in [5.74, 6) is 0.113. The fraction of sp³-hybridized carbons (Fsp3) is 0.417. The second-order valence-electron chi connectivity index (χ2n) is 3.63. The van der Waals surface area contributed by atoms with E-state index in [4.69, 9.17) is 11.6 Å². The van der Waals surface area contributed by atoms with Gasteiger partial charge in [0.1, 0.15) is 5.82 Å². The van der Waals surface area contributed by atoms with E-state index in [9.17, 15) is 9.18 Å². The summed E-state index contributed by atoms with van der Waals surface area (Å²) in [4.78, 5) is 13.0. The van der Waals surface area contributed by atoms with Gasteiger partial charge in [0.25, 0.3) is 0 Å². The van der Waals surface area contributed by atoms with Crippen molar-refractivity contribution in [2.24, 2.45) is 0 Å². The van der Waals surface area contributed by atoms with Gasteiger partial charge >= 0.3 is 0 Å². The van der Waals surface area contributed by atoms with E-state index in [0.717, 1.165) is 5.56 Å². The van der Waals surface area contributed by atoms with E-state index in [1.165, 1.54) is 12.1 Å². The Morgan fingerprint density at radius 3 is 2.88 bits per heavy atom. The Morgan fingerprint density at radius 2 is 2.25 bits per heavy atom. The van der Waals surface area contributed by atoms with Gasteiger partial charge in [-0.15, -0.1) is 11.6 Å². The third-order valence-corrected chi connectivity index (χ3v) is 2.55. The molecule has 0 N–H and O–H groups in total. The molecule has 0 unspecified atom stereocenters. The van der Waals surface area contributed by atoms with Crippen LogP contribution in [-0.4, -0.2) is 30.3 Å². The summed E-state index contributed by atoms with van der Waals surface area (Å²) in [5.41, 5.74) is 0.894. The van der Waals surface area contributed by atoms with Gasteiger partial charge < -0.3 is 4.90 Å². The second kappa shape index (κ2) is 6.48. The molecule has 0 heterocycles. The van der Waals surface area contributed by atoms with Gasteiger partial charge in [-0.2, -0.15) is 0 Å². The summed E-state index contributed by atoms with van der Waals surface area (Å²) in [6, 6.07) is 6.42. The molecule has 1 aromatic rings. The number of likely N-dealkylation sites (N-methyl/N-ethyl adjacent to an activating group) is 1. The lowest BCUT2D eigenvalue weighted by atomic mass is 10.1. The predicted octanol–water partition coefficient (Wildman–Crippen LogP) is 2.46. The van der Waals surface area contributed by atoms with Crippen molar-refractivity contribution in [3.05, 3.63) is 35.6 Å². The van der Waals surface area contributed by atoms with Gasteiger partial charge in [0.05, 0.1) is 0 Å². The van der Waals surface area contributed by atoms with Gasteiger partial charge in [0, 0.05) is 25.9 Å². The standard InChI is InChI=1S/C12H15ClFNO/c1-15(12(16)5-7-13)8-6-10-3-2-4-11(14)9-10/h2-4,9H,5-8H2,1H3. The molecule has 0 aliphatic heterocycles. The van der Waals surface area contributed by atoms with Crippen LogP contribution in [0.1, 0.15) is 12.0 Å². The minimum atomic E-state index is -0.243. The van der Waals surface area contributed by atoms with Crippen LogP contribution in [0.5, 0.6) is 0 Å². The normalized spacial score (nSPS) is 10.2. The Balaban J connectivity index is 2.42. The van der Waals surface area contributed by atoms with E-state index >= 15 is 0 Å². The third-order valence-electron chi connectivity index (χ3n) is 2.36. The molecule has 2 nitrogen and oxygen atoms in total. The first-order chi connectivity index (χ1) is 7.63. The van der Waals surface area contributed by atoms with Crippen molar-refractivity contribution in [3.8, 4) is 0 Å². The number of halogens is 2. The van der Waals surface area contributed by atoms with Gasteiger partial charge in [-0.3, -0.25) is 4.79 Å². The number of carbonyl (C=O) groups excluding carboxylic acids is 1. The lowest BCUT2D eigenvalue weighted by molar-refractivity contribution is -0.129. The number of amides is 1. The van der Waals surface area contributed by atoms with E-state index in [2.05, 4.69) is 0 Å². The zero-order valence-electron chi connectivity index (χ0n) is 9.25. The fourth-order valence-corrected chi connectivity index (χ4v) is 1.55. The minimum absolute atomic E-state index is 0.0198. The van der Waals surface area contributed by atoms with Gasteiger partial charge in [-0.05, 0) is 24.1 Å². The van der Waals surface area contributed by atoms with E-state index in [1.807, 2.05) is 6.07 Å². The lowest BCUT2D eigenvalue weighted by Crippen LogP contribution is -2.28. The van der Waals surface area contributed by atoms with Crippen molar-refractivity contribution in [3.63, 3.8) is 0 Å². The largest absolute Gasteiger partial charge is 0.345 e. The number of rotatable bonds is 5. The molecule has 0 radical (unpaired) electrons. The van der Waals surface area contributed by atoms with Crippen molar-refractivity contribution in [2.75, 3.05) is 19.5 Å². The summed E-state index contributed by atoms with van der Waals surface area (Å²) in [6.45, 7) is 0.583. The van der Waals surface area contributed by atoms with E-state index in [1.54, 1.807) is 18.0 Å². The first-order valence-corrected chi connectivity index (χ1v) is 5.71. The number of nitrogens with zero attached hydrogens (tertiary/aromatic N) is 1. The van der Waals surface area contributed by atoms with Crippen molar-refractivity contribution >= 4 is 17.5 Å². The van der Waals surface area contributed by atoms with Gasteiger partial charge in [-0.25, -0.2) is 4.39 Å². The third kappa shape index (κ3) is 4.19. The highest BCUT2D eigenvalue weighted by Gasteiger charge is 2.07. The van der Waals surface area contributed by atoms with Crippen LogP contribution in [0, 0.1) is 5.82 Å². The molecule has 0 saturated carbocycles. The molecule has 1 aromatic carbocycles. The molecular weight excluding hydrogens is 229 g/mol. The average Bonchev–Trinajstić information content (AvgIpc) is 2.26. The molecule has 0 aliphatic carbocycles. The maximum Gasteiger partial charge on any atom is 0.223 e. The SMILES string of the molecule is CN(CCc1cccc(F)c1)C(=O)CCCl. The molecule has 88 valence electrons. The first-order valence-electron chi connectivity index (χ1n) is 5.18. The lowest BCUT2D eigenvalue weighted by Gasteiger charge is -2.16. The van der Waals surface area contributed by atoms with E-state index in [0.29, 0.717) is 25.3 Å². The van der Waals surface area contributed by atoms with Crippen LogP contribution in [0.25, 0.3) is 0 Å². The molecule has 1 amide bonds. The fourth-order valence-electron chi connectivity index (χ4n) is 1.39. The Morgan fingerprint density at radius 1 is 1.50 bits per heavy atom. The molecule has 0 atom stereocenters. The molecule has 4 heteroatoms. The smallest absolute Gasteiger partial charge is 0.223 e. The molecule has 0 spiro atoms. The number of hydrogen-bond acceptors (Lipinski definition) is 1. The Bertz CT molecular complexity index is 357. The highest BCUT2D eigenvalue weighted by molar-refractivity contribution is 6.18. The van der Waals surface area contributed by atoms with Gasteiger partial charge in [-0.1, -0.05) is 12.1 Å². The van der Waals surface area contributed by atoms with Crippen molar-refractivity contribution in [1.29, 1.82) is 0 Å². The molecule has 0 fully saturated rings. The first kappa shape index (κ1) is 13.0. The van der Waals surface area contributed by atoms with Crippen LogP contribution in [0.15, 0.2) is 24.3 Å². The molecule has 1 rings (SSSR count). The zero-order chi connectivity index (χ0) is 12.0. The molecule has 16 heavy (non-hydrogen) atoms. The van der Waals surface area contributed by atoms with Gasteiger partial charge in [0.15, 0.2) is 0 Å². The second-order valence-corrected chi connectivity index (χ2v) is 4.01. The molecule has 0 aliphatic rings. The molecule has 0 saturated heterocycles. The highest BCUT2D eigenvalue weighted by Crippen LogP contribution is 2.05. The van der Waals surface area contributed by atoms with Gasteiger partial charge in [0.2, 0.25) is 5.91 Å².